The number of unbranched alkanes of at least 4 members (excludes halogenated alkanes) is 9. The maximum absolute atomic E-state index is 11.1. The third-order valence-corrected chi connectivity index (χ3v) is 4.55. The van der Waals surface area contributed by atoms with Crippen molar-refractivity contribution in [3.63, 3.8) is 0 Å². The fourth-order valence-corrected chi connectivity index (χ4v) is 3.04. The normalized spacial score (nSPS) is 13.4. The lowest BCUT2D eigenvalue weighted by molar-refractivity contribution is -0.141. The summed E-state index contributed by atoms with van der Waals surface area (Å²) in [5, 5.41) is 9.11. The summed E-state index contributed by atoms with van der Waals surface area (Å²) >= 11 is 12.4. The van der Waals surface area contributed by atoms with E-state index in [0.717, 1.165) is 12.8 Å². The fourth-order valence-electron chi connectivity index (χ4n) is 2.32. The third kappa shape index (κ3) is 11.2. The average molecular weight is 339 g/mol. The molecule has 1 N–H and O–H groups in total. The molecule has 2 nitrogen and oxygen atoms in total. The summed E-state index contributed by atoms with van der Waals surface area (Å²) in [6.45, 7) is 2.24. The number of aliphatic carboxylic acids is 1. The maximum atomic E-state index is 11.1. The lowest BCUT2D eigenvalue weighted by Gasteiger charge is -2.24. The average Bonchev–Trinajstić information content (AvgIpc) is 2.34. The Kier molecular flexibility index (Phi) is 12.4. The molecule has 120 valence electrons. The Bertz CT molecular complexity index is 252. The van der Waals surface area contributed by atoms with E-state index in [9.17, 15) is 4.79 Å². The van der Waals surface area contributed by atoms with Crippen LogP contribution in [0.2, 0.25) is 0 Å². The Labute approximate surface area is 140 Å². The molecule has 0 amide bonds. The van der Waals surface area contributed by atoms with Crippen LogP contribution in [0.3, 0.4) is 0 Å². The van der Waals surface area contributed by atoms with E-state index < -0.39 is 15.3 Å². The highest BCUT2D eigenvalue weighted by atomic mass is 32.2. The number of thiol groups is 3. The van der Waals surface area contributed by atoms with E-state index in [1.807, 2.05) is 0 Å². The number of carbonyl (C=O) groups is 1. The smallest absolute Gasteiger partial charge is 0.309 e. The topological polar surface area (TPSA) is 37.3 Å². The summed E-state index contributed by atoms with van der Waals surface area (Å²) in [7, 11) is 0. The largest absolute Gasteiger partial charge is 0.481 e. The van der Waals surface area contributed by atoms with Gasteiger partial charge in [0.15, 0.2) is 0 Å². The van der Waals surface area contributed by atoms with Crippen LogP contribution in [0.4, 0.5) is 0 Å². The van der Waals surface area contributed by atoms with Gasteiger partial charge in [-0.15, -0.1) is 0 Å². The SMILES string of the molecule is CCCCCCCCCCCCC(C(=O)O)C(S)(S)S. The van der Waals surface area contributed by atoms with Crippen LogP contribution in [0.5, 0.6) is 0 Å². The van der Waals surface area contributed by atoms with Gasteiger partial charge in [0.2, 0.25) is 0 Å². The van der Waals surface area contributed by atoms with Crippen LogP contribution in [-0.2, 0) is 4.79 Å². The van der Waals surface area contributed by atoms with Gasteiger partial charge in [0.05, 0.1) is 5.92 Å². The van der Waals surface area contributed by atoms with Crippen LogP contribution >= 0.6 is 37.9 Å². The zero-order valence-electron chi connectivity index (χ0n) is 12.6. The van der Waals surface area contributed by atoms with E-state index in [-0.39, 0.29) is 0 Å². The maximum Gasteiger partial charge on any atom is 0.309 e. The Hall–Kier alpha value is 0.520. The summed E-state index contributed by atoms with van der Waals surface area (Å²) in [5.74, 6) is -1.47. The fraction of sp³-hybridized carbons (Fsp3) is 0.933. The second kappa shape index (κ2) is 12.1. The molecule has 1 atom stereocenters. The molecule has 5 heteroatoms. The van der Waals surface area contributed by atoms with Crippen LogP contribution < -0.4 is 0 Å². The van der Waals surface area contributed by atoms with Gasteiger partial charge in [0, 0.05) is 0 Å². The molecule has 0 aliphatic heterocycles. The zero-order chi connectivity index (χ0) is 15.4. The lowest BCUT2D eigenvalue weighted by atomic mass is 10.0. The van der Waals surface area contributed by atoms with Crippen molar-refractivity contribution in [3.8, 4) is 0 Å². The first-order valence-electron chi connectivity index (χ1n) is 7.79. The Balaban J connectivity index is 3.49. The molecule has 0 aliphatic carbocycles. The number of hydrogen-bond acceptors (Lipinski definition) is 4. The molecule has 0 spiro atoms. The van der Waals surface area contributed by atoms with Gasteiger partial charge in [-0.25, -0.2) is 0 Å². The summed E-state index contributed by atoms with van der Waals surface area (Å²) in [6.07, 6.45) is 13.1. The van der Waals surface area contributed by atoms with Crippen molar-refractivity contribution in [3.05, 3.63) is 0 Å². The van der Waals surface area contributed by atoms with Gasteiger partial charge in [-0.3, -0.25) is 4.79 Å². The summed E-state index contributed by atoms with van der Waals surface area (Å²) in [4.78, 5) is 11.1. The Morgan fingerprint density at radius 2 is 1.30 bits per heavy atom. The number of hydrogen-bond donors (Lipinski definition) is 4. The van der Waals surface area contributed by atoms with Crippen molar-refractivity contribution in [1.29, 1.82) is 0 Å². The monoisotopic (exact) mass is 338 g/mol. The molecule has 0 aromatic carbocycles. The van der Waals surface area contributed by atoms with Crippen molar-refractivity contribution < 1.29 is 9.90 Å². The highest BCUT2D eigenvalue weighted by Crippen LogP contribution is 2.36. The van der Waals surface area contributed by atoms with Crippen molar-refractivity contribution in [2.75, 3.05) is 0 Å². The first-order chi connectivity index (χ1) is 9.39. The van der Waals surface area contributed by atoms with E-state index in [1.165, 1.54) is 51.4 Å². The van der Waals surface area contributed by atoms with Gasteiger partial charge in [0.1, 0.15) is 3.41 Å². The summed E-state index contributed by atoms with van der Waals surface area (Å²) < 4.78 is -1.04. The predicted molar refractivity (Wildman–Crippen MR) is 97.3 cm³/mol. The molecule has 0 rings (SSSR count). The van der Waals surface area contributed by atoms with Crippen LogP contribution in [0.1, 0.15) is 77.6 Å². The number of carboxylic acid groups (broad SMARTS) is 1. The standard InChI is InChI=1S/C15H30O2S3/c1-2-3-4-5-6-7-8-9-10-11-12-13(14(16)17)15(18,19)20/h13,18-20H,2-12H2,1H3,(H,16,17). The molecule has 0 bridgehead atoms. The molecule has 20 heavy (non-hydrogen) atoms. The zero-order valence-corrected chi connectivity index (χ0v) is 15.2. The molecular formula is C15H30O2S3. The van der Waals surface area contributed by atoms with Crippen LogP contribution in [-0.4, -0.2) is 14.5 Å². The van der Waals surface area contributed by atoms with Gasteiger partial charge in [-0.1, -0.05) is 71.1 Å². The minimum Gasteiger partial charge on any atom is -0.481 e. The lowest BCUT2D eigenvalue weighted by Crippen LogP contribution is -2.28. The molecule has 1 unspecified atom stereocenters. The van der Waals surface area contributed by atoms with Crippen LogP contribution in [0.25, 0.3) is 0 Å². The second-order valence-electron chi connectivity index (χ2n) is 5.55. The minimum atomic E-state index is -1.04. The summed E-state index contributed by atoms with van der Waals surface area (Å²) in [5.41, 5.74) is 0. The van der Waals surface area contributed by atoms with E-state index in [4.69, 9.17) is 5.11 Å². The summed E-state index contributed by atoms with van der Waals surface area (Å²) in [6, 6.07) is 0. The van der Waals surface area contributed by atoms with E-state index in [1.54, 1.807) is 0 Å². The molecule has 0 heterocycles. The van der Waals surface area contributed by atoms with Gasteiger partial charge < -0.3 is 5.11 Å². The molecular weight excluding hydrogens is 308 g/mol. The molecule has 0 radical (unpaired) electrons. The first-order valence-corrected chi connectivity index (χ1v) is 9.13. The molecule has 0 fully saturated rings. The van der Waals surface area contributed by atoms with E-state index in [2.05, 4.69) is 44.8 Å². The second-order valence-corrected chi connectivity index (χ2v) is 8.72. The van der Waals surface area contributed by atoms with Crippen LogP contribution in [0, 0.1) is 5.92 Å². The molecule has 0 saturated carbocycles. The van der Waals surface area contributed by atoms with Crippen molar-refractivity contribution in [1.82, 2.24) is 0 Å². The Morgan fingerprint density at radius 3 is 1.65 bits per heavy atom. The quantitative estimate of drug-likeness (QED) is 0.205. The number of carboxylic acids is 1. The molecule has 0 aromatic heterocycles. The van der Waals surface area contributed by atoms with Crippen molar-refractivity contribution >= 4 is 43.9 Å². The highest BCUT2D eigenvalue weighted by molar-refractivity contribution is 8.17. The number of rotatable bonds is 13. The van der Waals surface area contributed by atoms with Gasteiger partial charge >= 0.3 is 5.97 Å². The predicted octanol–water partition coefficient (Wildman–Crippen LogP) is 5.44. The van der Waals surface area contributed by atoms with E-state index >= 15 is 0 Å². The highest BCUT2D eigenvalue weighted by Gasteiger charge is 2.33. The van der Waals surface area contributed by atoms with Crippen LogP contribution in [0.15, 0.2) is 0 Å². The minimum absolute atomic E-state index is 0.600. The van der Waals surface area contributed by atoms with Gasteiger partial charge in [-0.2, -0.15) is 37.9 Å². The van der Waals surface area contributed by atoms with Gasteiger partial charge in [0.25, 0.3) is 0 Å². The third-order valence-electron chi connectivity index (χ3n) is 3.61. The van der Waals surface area contributed by atoms with E-state index in [0.29, 0.717) is 6.42 Å². The van der Waals surface area contributed by atoms with Gasteiger partial charge in [-0.05, 0) is 6.42 Å². The first kappa shape index (κ1) is 20.5. The molecule has 0 aromatic rings. The molecule has 0 aliphatic rings. The van der Waals surface area contributed by atoms with Crippen molar-refractivity contribution in [2.45, 2.75) is 81.0 Å². The Morgan fingerprint density at radius 1 is 0.900 bits per heavy atom. The molecule has 0 saturated heterocycles. The van der Waals surface area contributed by atoms with Crippen molar-refractivity contribution in [2.24, 2.45) is 5.92 Å².